The van der Waals surface area contributed by atoms with E-state index in [0.717, 1.165) is 28.3 Å². The van der Waals surface area contributed by atoms with Gasteiger partial charge in [0.2, 0.25) is 5.91 Å². The molecule has 0 aliphatic heterocycles. The summed E-state index contributed by atoms with van der Waals surface area (Å²) in [6, 6.07) is 21.0. The van der Waals surface area contributed by atoms with Gasteiger partial charge < -0.3 is 10.1 Å². The maximum atomic E-state index is 12.8. The van der Waals surface area contributed by atoms with Crippen molar-refractivity contribution in [2.24, 2.45) is 0 Å². The van der Waals surface area contributed by atoms with E-state index in [9.17, 15) is 10.1 Å². The number of carbonyl (C=O) groups excluding carboxylic acids is 1. The smallest absolute Gasteiger partial charge is 0.237 e. The van der Waals surface area contributed by atoms with E-state index in [1.54, 1.807) is 13.2 Å². The largest absolute Gasteiger partial charge is 0.497 e. The second-order valence-corrected chi connectivity index (χ2v) is 7.95. The molecule has 1 heterocycles. The molecule has 0 aliphatic carbocycles. The molecule has 0 aliphatic rings. The van der Waals surface area contributed by atoms with Crippen LogP contribution in [-0.4, -0.2) is 23.3 Å². The summed E-state index contributed by atoms with van der Waals surface area (Å²) in [4.78, 5) is 17.5. The summed E-state index contributed by atoms with van der Waals surface area (Å²) in [5.41, 5.74) is 3.96. The number of rotatable bonds is 7. The molecule has 6 heteroatoms. The minimum Gasteiger partial charge on any atom is -0.497 e. The summed E-state index contributed by atoms with van der Waals surface area (Å²) in [6.45, 7) is 3.93. The lowest BCUT2D eigenvalue weighted by Gasteiger charge is -2.16. The van der Waals surface area contributed by atoms with Crippen molar-refractivity contribution in [2.45, 2.75) is 30.5 Å². The number of hydrogen-bond donors (Lipinski definition) is 1. The number of methoxy groups -OCH3 is 1. The van der Waals surface area contributed by atoms with Crippen LogP contribution in [0.5, 0.6) is 5.75 Å². The lowest BCUT2D eigenvalue weighted by atomic mass is 10.1. The molecule has 0 radical (unpaired) electrons. The van der Waals surface area contributed by atoms with E-state index in [1.165, 1.54) is 11.8 Å². The van der Waals surface area contributed by atoms with Crippen LogP contribution in [0.4, 0.5) is 5.69 Å². The number of carbonyl (C=O) groups is 1. The molecule has 1 atom stereocenters. The highest BCUT2D eigenvalue weighted by atomic mass is 32.2. The molecule has 2 aromatic carbocycles. The van der Waals surface area contributed by atoms with Gasteiger partial charge in [0, 0.05) is 11.3 Å². The van der Waals surface area contributed by atoms with Crippen LogP contribution in [0.25, 0.3) is 11.3 Å². The third-order valence-corrected chi connectivity index (χ3v) is 5.94. The molecule has 0 saturated heterocycles. The fourth-order valence-corrected chi connectivity index (χ4v) is 3.93. The van der Waals surface area contributed by atoms with Gasteiger partial charge in [0.1, 0.15) is 16.8 Å². The molecular formula is C24H23N3O2S. The van der Waals surface area contributed by atoms with E-state index in [2.05, 4.69) is 16.4 Å². The number of aromatic nitrogens is 1. The van der Waals surface area contributed by atoms with E-state index >= 15 is 0 Å². The van der Waals surface area contributed by atoms with E-state index in [-0.39, 0.29) is 11.2 Å². The van der Waals surface area contributed by atoms with Crippen molar-refractivity contribution in [3.05, 3.63) is 71.8 Å². The second-order valence-electron chi connectivity index (χ2n) is 6.76. The first-order valence-corrected chi connectivity index (χ1v) is 10.5. The van der Waals surface area contributed by atoms with Gasteiger partial charge >= 0.3 is 0 Å². The number of hydrogen-bond acceptors (Lipinski definition) is 5. The molecule has 0 bridgehead atoms. The first kappa shape index (κ1) is 21.4. The van der Waals surface area contributed by atoms with Crippen LogP contribution in [0.1, 0.15) is 24.5 Å². The fraction of sp³-hybridized carbons (Fsp3) is 0.208. The Morgan fingerprint density at radius 3 is 2.60 bits per heavy atom. The van der Waals surface area contributed by atoms with Crippen LogP contribution < -0.4 is 10.1 Å². The standard InChI is InChI=1S/C24H23N3O2S/c1-4-22(23(28)26-19-7-5-6-16(2)14-19)30-24-18(15-25)10-13-21(27-24)17-8-11-20(29-3)12-9-17/h5-14,22H,4H2,1-3H3,(H,26,28). The minimum atomic E-state index is -0.365. The molecule has 1 N–H and O–H groups in total. The Balaban J connectivity index is 1.83. The normalized spacial score (nSPS) is 11.4. The van der Waals surface area contributed by atoms with Gasteiger partial charge in [-0.1, -0.05) is 30.8 Å². The van der Waals surface area contributed by atoms with E-state index < -0.39 is 0 Å². The monoisotopic (exact) mass is 417 g/mol. The summed E-state index contributed by atoms with van der Waals surface area (Å²) in [5, 5.41) is 12.7. The van der Waals surface area contributed by atoms with Crippen molar-refractivity contribution in [3.63, 3.8) is 0 Å². The Morgan fingerprint density at radius 1 is 1.20 bits per heavy atom. The number of benzene rings is 2. The number of anilines is 1. The van der Waals surface area contributed by atoms with Crippen molar-refractivity contribution in [3.8, 4) is 23.1 Å². The summed E-state index contributed by atoms with van der Waals surface area (Å²) >= 11 is 1.32. The number of ether oxygens (including phenoxy) is 1. The van der Waals surface area contributed by atoms with Crippen molar-refractivity contribution in [1.29, 1.82) is 5.26 Å². The molecule has 152 valence electrons. The van der Waals surface area contributed by atoms with Crippen LogP contribution in [0, 0.1) is 18.3 Å². The van der Waals surface area contributed by atoms with Gasteiger partial charge in [0.15, 0.2) is 0 Å². The summed E-state index contributed by atoms with van der Waals surface area (Å²) in [7, 11) is 1.62. The van der Waals surface area contributed by atoms with Gasteiger partial charge in [-0.3, -0.25) is 4.79 Å². The Labute approximate surface area is 181 Å². The molecule has 3 rings (SSSR count). The predicted molar refractivity (Wildman–Crippen MR) is 121 cm³/mol. The molecule has 0 saturated carbocycles. The first-order chi connectivity index (χ1) is 14.5. The van der Waals surface area contributed by atoms with Crippen LogP contribution in [0.2, 0.25) is 0 Å². The lowest BCUT2D eigenvalue weighted by Crippen LogP contribution is -2.24. The maximum absolute atomic E-state index is 12.8. The fourth-order valence-electron chi connectivity index (χ4n) is 2.94. The van der Waals surface area contributed by atoms with Gasteiger partial charge in [-0.05, 0) is 67.4 Å². The third kappa shape index (κ3) is 5.19. The molecule has 0 fully saturated rings. The van der Waals surface area contributed by atoms with E-state index in [4.69, 9.17) is 4.74 Å². The third-order valence-electron chi connectivity index (χ3n) is 4.57. The molecule has 3 aromatic rings. The summed E-state index contributed by atoms with van der Waals surface area (Å²) in [6.07, 6.45) is 0.613. The number of amides is 1. The first-order valence-electron chi connectivity index (χ1n) is 9.63. The highest BCUT2D eigenvalue weighted by Crippen LogP contribution is 2.31. The van der Waals surface area contributed by atoms with Crippen molar-refractivity contribution >= 4 is 23.4 Å². The zero-order chi connectivity index (χ0) is 21.5. The summed E-state index contributed by atoms with van der Waals surface area (Å²) in [5.74, 6) is 0.662. The molecule has 0 spiro atoms. The number of pyridine rings is 1. The molecular weight excluding hydrogens is 394 g/mol. The number of thioether (sulfide) groups is 1. The van der Waals surface area contributed by atoms with Gasteiger partial charge in [-0.2, -0.15) is 5.26 Å². The zero-order valence-electron chi connectivity index (χ0n) is 17.2. The molecule has 1 aromatic heterocycles. The number of nitrogens with one attached hydrogen (secondary N) is 1. The number of nitriles is 1. The molecule has 5 nitrogen and oxygen atoms in total. The Bertz CT molecular complexity index is 1070. The second kappa shape index (κ2) is 9.95. The molecule has 1 unspecified atom stereocenters. The Hall–Kier alpha value is -3.30. The lowest BCUT2D eigenvalue weighted by molar-refractivity contribution is -0.115. The Morgan fingerprint density at radius 2 is 1.97 bits per heavy atom. The van der Waals surface area contributed by atoms with E-state index in [1.807, 2.05) is 68.4 Å². The minimum absolute atomic E-state index is 0.103. The van der Waals surface area contributed by atoms with Crippen LogP contribution in [0.15, 0.2) is 65.7 Å². The SMILES string of the molecule is CCC(Sc1nc(-c2ccc(OC)cc2)ccc1C#N)C(=O)Nc1cccc(C)c1. The predicted octanol–water partition coefficient (Wildman–Crippen LogP) is 5.45. The quantitative estimate of drug-likeness (QED) is 0.518. The van der Waals surface area contributed by atoms with Crippen LogP contribution in [0.3, 0.4) is 0 Å². The van der Waals surface area contributed by atoms with Crippen LogP contribution >= 0.6 is 11.8 Å². The zero-order valence-corrected chi connectivity index (χ0v) is 18.0. The highest BCUT2D eigenvalue weighted by molar-refractivity contribution is 8.00. The Kier molecular flexibility index (Phi) is 7.10. The number of nitrogens with zero attached hydrogens (tertiary/aromatic N) is 2. The average Bonchev–Trinajstić information content (AvgIpc) is 2.77. The van der Waals surface area contributed by atoms with Gasteiger partial charge in [0.05, 0.1) is 23.6 Å². The summed E-state index contributed by atoms with van der Waals surface area (Å²) < 4.78 is 5.20. The van der Waals surface area contributed by atoms with Crippen molar-refractivity contribution < 1.29 is 9.53 Å². The maximum Gasteiger partial charge on any atom is 0.237 e. The van der Waals surface area contributed by atoms with Gasteiger partial charge in [0.25, 0.3) is 0 Å². The highest BCUT2D eigenvalue weighted by Gasteiger charge is 2.21. The van der Waals surface area contributed by atoms with Crippen molar-refractivity contribution in [2.75, 3.05) is 12.4 Å². The molecule has 30 heavy (non-hydrogen) atoms. The van der Waals surface area contributed by atoms with E-state index in [0.29, 0.717) is 17.0 Å². The van der Waals surface area contributed by atoms with Gasteiger partial charge in [-0.15, -0.1) is 0 Å². The topological polar surface area (TPSA) is 75.0 Å². The van der Waals surface area contributed by atoms with Crippen LogP contribution in [-0.2, 0) is 4.79 Å². The number of aryl methyl sites for hydroxylation is 1. The van der Waals surface area contributed by atoms with Gasteiger partial charge in [-0.25, -0.2) is 4.98 Å². The molecule has 1 amide bonds. The average molecular weight is 418 g/mol. The van der Waals surface area contributed by atoms with Crippen molar-refractivity contribution in [1.82, 2.24) is 4.98 Å².